The van der Waals surface area contributed by atoms with Crippen LogP contribution >= 0.6 is 11.8 Å². The van der Waals surface area contributed by atoms with Crippen molar-refractivity contribution in [1.82, 2.24) is 4.90 Å². The highest BCUT2D eigenvalue weighted by molar-refractivity contribution is 8.00. The van der Waals surface area contributed by atoms with Crippen molar-refractivity contribution >= 4 is 23.6 Å². The van der Waals surface area contributed by atoms with Gasteiger partial charge >= 0.3 is 5.97 Å². The van der Waals surface area contributed by atoms with E-state index in [4.69, 9.17) is 5.11 Å². The van der Waals surface area contributed by atoms with Crippen LogP contribution < -0.4 is 0 Å². The molecule has 0 radical (unpaired) electrons. The highest BCUT2D eigenvalue weighted by Gasteiger charge is 2.26. The van der Waals surface area contributed by atoms with Crippen LogP contribution in [0.15, 0.2) is 24.3 Å². The third-order valence-electron chi connectivity index (χ3n) is 3.50. The van der Waals surface area contributed by atoms with Crippen LogP contribution in [0.25, 0.3) is 0 Å². The Morgan fingerprint density at radius 1 is 1.25 bits per heavy atom. The van der Waals surface area contributed by atoms with Crippen LogP contribution in [0.2, 0.25) is 0 Å². The van der Waals surface area contributed by atoms with Crippen LogP contribution in [0.4, 0.5) is 0 Å². The Bertz CT molecular complexity index is 498. The zero-order valence-corrected chi connectivity index (χ0v) is 12.5. The summed E-state index contributed by atoms with van der Waals surface area (Å²) in [5, 5.41) is 9.34. The topological polar surface area (TPSA) is 57.6 Å². The van der Waals surface area contributed by atoms with Gasteiger partial charge in [0.1, 0.15) is 0 Å². The van der Waals surface area contributed by atoms with Gasteiger partial charge in [0.15, 0.2) is 0 Å². The van der Waals surface area contributed by atoms with Crippen LogP contribution in [0, 0.1) is 5.92 Å². The van der Waals surface area contributed by atoms with E-state index < -0.39 is 5.97 Å². The SMILES string of the molecule is CC(C)C1CN(C(=O)c2ccc(C(=O)O)cc2)CCS1. The summed E-state index contributed by atoms with van der Waals surface area (Å²) in [7, 11) is 0. The molecule has 0 saturated carbocycles. The zero-order chi connectivity index (χ0) is 14.7. The van der Waals surface area contributed by atoms with Gasteiger partial charge in [-0.15, -0.1) is 0 Å². The fourth-order valence-corrected chi connectivity index (χ4v) is 3.50. The van der Waals surface area contributed by atoms with Gasteiger partial charge in [0, 0.05) is 29.7 Å². The Balaban J connectivity index is 2.08. The third kappa shape index (κ3) is 3.33. The fourth-order valence-electron chi connectivity index (χ4n) is 2.20. The number of carboxylic acid groups (broad SMARTS) is 1. The van der Waals surface area contributed by atoms with Crippen molar-refractivity contribution < 1.29 is 14.7 Å². The van der Waals surface area contributed by atoms with Crippen molar-refractivity contribution in [3.8, 4) is 0 Å². The number of carboxylic acids is 1. The summed E-state index contributed by atoms with van der Waals surface area (Å²) >= 11 is 1.92. The van der Waals surface area contributed by atoms with Crippen molar-refractivity contribution in [2.24, 2.45) is 5.92 Å². The van der Waals surface area contributed by atoms with Crippen molar-refractivity contribution in [3.63, 3.8) is 0 Å². The molecule has 1 aromatic carbocycles. The summed E-state index contributed by atoms with van der Waals surface area (Å²) in [6, 6.07) is 6.15. The van der Waals surface area contributed by atoms with Gasteiger partial charge in [0.2, 0.25) is 0 Å². The molecule has 1 unspecified atom stereocenters. The smallest absolute Gasteiger partial charge is 0.335 e. The monoisotopic (exact) mass is 293 g/mol. The molecule has 0 bridgehead atoms. The summed E-state index contributed by atoms with van der Waals surface area (Å²) in [5.41, 5.74) is 0.764. The molecule has 1 fully saturated rings. The quantitative estimate of drug-likeness (QED) is 0.930. The molecule has 4 nitrogen and oxygen atoms in total. The maximum atomic E-state index is 12.4. The van der Waals surface area contributed by atoms with E-state index in [0.29, 0.717) is 16.7 Å². The van der Waals surface area contributed by atoms with Crippen molar-refractivity contribution in [1.29, 1.82) is 0 Å². The second-order valence-corrected chi connectivity index (χ2v) is 6.63. The molecule has 1 amide bonds. The van der Waals surface area contributed by atoms with E-state index >= 15 is 0 Å². The Hall–Kier alpha value is -1.49. The van der Waals surface area contributed by atoms with Crippen molar-refractivity contribution in [2.75, 3.05) is 18.8 Å². The lowest BCUT2D eigenvalue weighted by Gasteiger charge is -2.34. The Labute approximate surface area is 123 Å². The number of amides is 1. The number of hydrogen-bond acceptors (Lipinski definition) is 3. The molecule has 1 aliphatic heterocycles. The summed E-state index contributed by atoms with van der Waals surface area (Å²) in [5.74, 6) is 0.526. The highest BCUT2D eigenvalue weighted by atomic mass is 32.2. The first-order valence-electron chi connectivity index (χ1n) is 6.73. The first-order valence-corrected chi connectivity index (χ1v) is 7.78. The second kappa shape index (κ2) is 6.31. The van der Waals surface area contributed by atoms with E-state index in [0.717, 1.165) is 18.8 Å². The number of carbonyl (C=O) groups is 2. The van der Waals surface area contributed by atoms with Gasteiger partial charge in [-0.3, -0.25) is 4.79 Å². The van der Waals surface area contributed by atoms with Gasteiger partial charge in [-0.2, -0.15) is 11.8 Å². The van der Waals surface area contributed by atoms with Crippen LogP contribution in [0.3, 0.4) is 0 Å². The number of hydrogen-bond donors (Lipinski definition) is 1. The maximum absolute atomic E-state index is 12.4. The Kier molecular flexibility index (Phi) is 4.70. The lowest BCUT2D eigenvalue weighted by molar-refractivity contribution is 0.0694. The molecule has 1 saturated heterocycles. The van der Waals surface area contributed by atoms with E-state index in [2.05, 4.69) is 13.8 Å². The van der Waals surface area contributed by atoms with Crippen LogP contribution in [0.1, 0.15) is 34.6 Å². The number of aromatic carboxylic acids is 1. The normalized spacial score (nSPS) is 19.1. The van der Waals surface area contributed by atoms with Crippen molar-refractivity contribution in [2.45, 2.75) is 19.1 Å². The fraction of sp³-hybridized carbons (Fsp3) is 0.467. The van der Waals surface area contributed by atoms with Crippen molar-refractivity contribution in [3.05, 3.63) is 35.4 Å². The maximum Gasteiger partial charge on any atom is 0.335 e. The average Bonchev–Trinajstić information content (AvgIpc) is 2.46. The van der Waals surface area contributed by atoms with E-state index in [-0.39, 0.29) is 11.5 Å². The van der Waals surface area contributed by atoms with Gasteiger partial charge < -0.3 is 10.0 Å². The van der Waals surface area contributed by atoms with Gasteiger partial charge in [0.05, 0.1) is 5.56 Å². The van der Waals surface area contributed by atoms with Crippen LogP contribution in [-0.2, 0) is 0 Å². The molecule has 1 aromatic rings. The number of nitrogens with zero attached hydrogens (tertiary/aromatic N) is 1. The lowest BCUT2D eigenvalue weighted by Crippen LogP contribution is -2.43. The zero-order valence-electron chi connectivity index (χ0n) is 11.7. The minimum atomic E-state index is -0.974. The minimum Gasteiger partial charge on any atom is -0.478 e. The minimum absolute atomic E-state index is 0.00658. The van der Waals surface area contributed by atoms with Gasteiger partial charge in [-0.1, -0.05) is 13.8 Å². The third-order valence-corrected chi connectivity index (χ3v) is 5.04. The predicted molar refractivity (Wildman–Crippen MR) is 80.4 cm³/mol. The molecule has 5 heteroatoms. The van der Waals surface area contributed by atoms with Crippen LogP contribution in [-0.4, -0.2) is 46.0 Å². The predicted octanol–water partition coefficient (Wildman–Crippen LogP) is 2.60. The summed E-state index contributed by atoms with van der Waals surface area (Å²) in [6.07, 6.45) is 0. The van der Waals surface area contributed by atoms with Gasteiger partial charge in [-0.05, 0) is 30.2 Å². The van der Waals surface area contributed by atoms with E-state index in [9.17, 15) is 9.59 Å². The number of thioether (sulfide) groups is 1. The number of carbonyl (C=O) groups excluding carboxylic acids is 1. The molecule has 2 rings (SSSR count). The lowest BCUT2D eigenvalue weighted by atomic mass is 10.1. The molecular formula is C15H19NO3S. The second-order valence-electron chi connectivity index (χ2n) is 5.29. The molecule has 1 heterocycles. The Morgan fingerprint density at radius 3 is 2.40 bits per heavy atom. The molecule has 0 spiro atoms. The van der Waals surface area contributed by atoms with E-state index in [1.54, 1.807) is 12.1 Å². The molecular weight excluding hydrogens is 274 g/mol. The van der Waals surface area contributed by atoms with Crippen LogP contribution in [0.5, 0.6) is 0 Å². The first kappa shape index (κ1) is 14.9. The van der Waals surface area contributed by atoms with Gasteiger partial charge in [0.25, 0.3) is 5.91 Å². The molecule has 108 valence electrons. The average molecular weight is 293 g/mol. The summed E-state index contributed by atoms with van der Waals surface area (Å²) < 4.78 is 0. The number of rotatable bonds is 3. The molecule has 0 aliphatic carbocycles. The Morgan fingerprint density at radius 2 is 1.85 bits per heavy atom. The van der Waals surface area contributed by atoms with E-state index in [1.807, 2.05) is 16.7 Å². The van der Waals surface area contributed by atoms with Gasteiger partial charge in [-0.25, -0.2) is 4.79 Å². The molecule has 20 heavy (non-hydrogen) atoms. The first-order chi connectivity index (χ1) is 9.49. The number of benzene rings is 1. The molecule has 1 N–H and O–H groups in total. The molecule has 1 atom stereocenters. The largest absolute Gasteiger partial charge is 0.478 e. The molecule has 0 aromatic heterocycles. The molecule has 1 aliphatic rings. The standard InChI is InChI=1S/C15H19NO3S/c1-10(2)13-9-16(7-8-20-13)14(17)11-3-5-12(6-4-11)15(18)19/h3-6,10,13H,7-9H2,1-2H3,(H,18,19). The summed E-state index contributed by atoms with van der Waals surface area (Å²) in [4.78, 5) is 25.1. The highest BCUT2D eigenvalue weighted by Crippen LogP contribution is 2.25. The summed E-state index contributed by atoms with van der Waals surface area (Å²) in [6.45, 7) is 5.87. The van der Waals surface area contributed by atoms with E-state index in [1.165, 1.54) is 12.1 Å².